The molecule has 32 heavy (non-hydrogen) atoms. The van der Waals surface area contributed by atoms with Crippen molar-refractivity contribution in [3.8, 4) is 0 Å². The molecule has 3 N–H and O–H groups in total. The van der Waals surface area contributed by atoms with Crippen LogP contribution in [0.5, 0.6) is 0 Å². The molecular formula is C23H23Cl2N5OS. The van der Waals surface area contributed by atoms with Crippen LogP contribution < -0.4 is 5.32 Å². The number of thioether (sulfide) groups is 1. The largest absolute Gasteiger partial charge is 0.361 e. The predicted octanol–water partition coefficient (Wildman–Crippen LogP) is 5.59. The summed E-state index contributed by atoms with van der Waals surface area (Å²) >= 11 is 14.0. The third kappa shape index (κ3) is 5.28. The maximum atomic E-state index is 12.6. The monoisotopic (exact) mass is 487 g/mol. The van der Waals surface area contributed by atoms with Crippen molar-refractivity contribution < 1.29 is 4.79 Å². The van der Waals surface area contributed by atoms with Crippen molar-refractivity contribution in [3.63, 3.8) is 0 Å². The van der Waals surface area contributed by atoms with E-state index >= 15 is 0 Å². The van der Waals surface area contributed by atoms with Crippen molar-refractivity contribution in [1.82, 2.24) is 25.5 Å². The molecule has 0 aliphatic carbocycles. The third-order valence-electron chi connectivity index (χ3n) is 5.17. The number of hydrogen-bond acceptors (Lipinski definition) is 4. The molecule has 0 bridgehead atoms. The Morgan fingerprint density at radius 1 is 1.19 bits per heavy atom. The second-order valence-corrected chi connectivity index (χ2v) is 9.20. The van der Waals surface area contributed by atoms with Crippen LogP contribution in [-0.4, -0.2) is 38.4 Å². The summed E-state index contributed by atoms with van der Waals surface area (Å²) in [4.78, 5) is 20.3. The number of carbonyl (C=O) groups excluding carboxylic acids is 1. The second-order valence-electron chi connectivity index (χ2n) is 7.42. The topological polar surface area (TPSA) is 86.5 Å². The number of nitrogens with one attached hydrogen (secondary N) is 3. The Morgan fingerprint density at radius 3 is 2.84 bits per heavy atom. The van der Waals surface area contributed by atoms with Gasteiger partial charge < -0.3 is 10.3 Å². The minimum Gasteiger partial charge on any atom is -0.361 e. The van der Waals surface area contributed by atoms with Gasteiger partial charge in [-0.25, -0.2) is 4.98 Å². The van der Waals surface area contributed by atoms with Gasteiger partial charge in [-0.1, -0.05) is 66.2 Å². The van der Waals surface area contributed by atoms with E-state index in [9.17, 15) is 4.79 Å². The predicted molar refractivity (Wildman–Crippen MR) is 131 cm³/mol. The van der Waals surface area contributed by atoms with E-state index in [2.05, 4.69) is 38.5 Å². The van der Waals surface area contributed by atoms with Crippen LogP contribution in [0.25, 0.3) is 10.9 Å². The van der Waals surface area contributed by atoms with E-state index < -0.39 is 0 Å². The van der Waals surface area contributed by atoms with E-state index in [0.717, 1.165) is 40.7 Å². The molecule has 1 unspecified atom stereocenters. The van der Waals surface area contributed by atoms with Gasteiger partial charge >= 0.3 is 0 Å². The lowest BCUT2D eigenvalue weighted by Gasteiger charge is -2.19. The molecule has 4 rings (SSSR count). The number of amides is 1. The van der Waals surface area contributed by atoms with Gasteiger partial charge in [0.2, 0.25) is 11.1 Å². The standard InChI is InChI=1S/C23H23Cl2N5OS/c1-2-5-21-28-23(30-29-21)32-13-22(31)27-12-17(15-9-8-14(24)10-19(15)25)18-11-26-20-7-4-3-6-16(18)20/h3-4,6-11,17,26H,2,5,12-13H2,1H3,(H,27,31)(H,28,29,30). The van der Waals surface area contributed by atoms with Gasteiger partial charge in [0.15, 0.2) is 0 Å². The summed E-state index contributed by atoms with van der Waals surface area (Å²) in [5.41, 5.74) is 3.01. The average molecular weight is 488 g/mol. The van der Waals surface area contributed by atoms with Crippen LogP contribution in [0.1, 0.15) is 36.2 Å². The molecule has 0 fully saturated rings. The van der Waals surface area contributed by atoms with Gasteiger partial charge in [-0.2, -0.15) is 0 Å². The van der Waals surface area contributed by atoms with Crippen molar-refractivity contribution in [2.24, 2.45) is 0 Å². The van der Waals surface area contributed by atoms with Crippen LogP contribution in [0.15, 0.2) is 53.8 Å². The highest BCUT2D eigenvalue weighted by atomic mass is 35.5. The quantitative estimate of drug-likeness (QED) is 0.268. The zero-order valence-electron chi connectivity index (χ0n) is 17.5. The highest BCUT2D eigenvalue weighted by Crippen LogP contribution is 2.35. The van der Waals surface area contributed by atoms with Crippen molar-refractivity contribution in [1.29, 1.82) is 0 Å². The molecule has 0 aliphatic rings. The zero-order chi connectivity index (χ0) is 22.5. The molecule has 0 saturated heterocycles. The van der Waals surface area contributed by atoms with Crippen molar-refractivity contribution >= 4 is 51.8 Å². The van der Waals surface area contributed by atoms with E-state index in [4.69, 9.17) is 23.2 Å². The SMILES string of the molecule is CCCc1nc(SCC(=O)NCC(c2ccc(Cl)cc2Cl)c2c[nH]c3ccccc23)n[nH]1. The third-order valence-corrected chi connectivity index (χ3v) is 6.58. The Bertz CT molecular complexity index is 1220. The van der Waals surface area contributed by atoms with E-state index in [1.54, 1.807) is 6.07 Å². The molecule has 1 amide bonds. The van der Waals surface area contributed by atoms with E-state index in [-0.39, 0.29) is 17.6 Å². The first-order valence-electron chi connectivity index (χ1n) is 10.4. The molecule has 2 heterocycles. The Morgan fingerprint density at radius 2 is 2.03 bits per heavy atom. The maximum Gasteiger partial charge on any atom is 0.230 e. The molecule has 4 aromatic rings. The van der Waals surface area contributed by atoms with E-state index in [1.807, 2.05) is 36.5 Å². The van der Waals surface area contributed by atoms with Crippen molar-refractivity contribution in [3.05, 3.63) is 75.7 Å². The summed E-state index contributed by atoms with van der Waals surface area (Å²) in [6, 6.07) is 13.5. The Kier molecular flexibility index (Phi) is 7.40. The maximum absolute atomic E-state index is 12.6. The Balaban J connectivity index is 1.49. The smallest absolute Gasteiger partial charge is 0.230 e. The number of benzene rings is 2. The lowest BCUT2D eigenvalue weighted by molar-refractivity contribution is -0.118. The molecule has 9 heteroatoms. The number of rotatable bonds is 9. The van der Waals surface area contributed by atoms with Gasteiger partial charge in [-0.15, -0.1) is 5.10 Å². The highest BCUT2D eigenvalue weighted by Gasteiger charge is 2.21. The lowest BCUT2D eigenvalue weighted by atomic mass is 9.90. The summed E-state index contributed by atoms with van der Waals surface area (Å²) in [7, 11) is 0. The van der Waals surface area contributed by atoms with Crippen LogP contribution in [0.3, 0.4) is 0 Å². The molecule has 0 saturated carbocycles. The molecule has 0 aliphatic heterocycles. The number of para-hydroxylation sites is 1. The van der Waals surface area contributed by atoms with Crippen LogP contribution >= 0.6 is 35.0 Å². The van der Waals surface area contributed by atoms with Crippen LogP contribution in [-0.2, 0) is 11.2 Å². The van der Waals surface area contributed by atoms with E-state index in [0.29, 0.717) is 21.7 Å². The first-order chi connectivity index (χ1) is 15.5. The molecular weight excluding hydrogens is 465 g/mol. The fourth-order valence-electron chi connectivity index (χ4n) is 3.64. The summed E-state index contributed by atoms with van der Waals surface area (Å²) in [5, 5.41) is 12.9. The molecule has 166 valence electrons. The summed E-state index contributed by atoms with van der Waals surface area (Å²) in [6.07, 6.45) is 3.81. The number of nitrogens with zero attached hydrogens (tertiary/aromatic N) is 2. The van der Waals surface area contributed by atoms with Gasteiger partial charge in [0, 0.05) is 46.0 Å². The van der Waals surface area contributed by atoms with Crippen molar-refractivity contribution in [2.45, 2.75) is 30.8 Å². The van der Waals surface area contributed by atoms with Gasteiger partial charge in [-0.05, 0) is 35.7 Å². The highest BCUT2D eigenvalue weighted by molar-refractivity contribution is 7.99. The van der Waals surface area contributed by atoms with Crippen molar-refractivity contribution in [2.75, 3.05) is 12.3 Å². The number of H-pyrrole nitrogens is 2. The Labute approximate surface area is 200 Å². The molecule has 6 nitrogen and oxygen atoms in total. The molecule has 0 spiro atoms. The van der Waals surface area contributed by atoms with Gasteiger partial charge in [-0.3, -0.25) is 9.89 Å². The normalized spacial score (nSPS) is 12.2. The summed E-state index contributed by atoms with van der Waals surface area (Å²) in [5.74, 6) is 0.849. The average Bonchev–Trinajstić information content (AvgIpc) is 3.41. The number of halogens is 2. The number of carbonyl (C=O) groups is 1. The molecule has 2 aromatic carbocycles. The van der Waals surface area contributed by atoms with Crippen LogP contribution in [0.4, 0.5) is 0 Å². The minimum atomic E-state index is -0.135. The molecule has 2 aromatic heterocycles. The van der Waals surface area contributed by atoms with Crippen LogP contribution in [0.2, 0.25) is 10.0 Å². The lowest BCUT2D eigenvalue weighted by Crippen LogP contribution is -2.30. The van der Waals surface area contributed by atoms with Gasteiger partial charge in [0.05, 0.1) is 5.75 Å². The summed E-state index contributed by atoms with van der Waals surface area (Å²) < 4.78 is 0. The first kappa shape index (κ1) is 22.7. The molecule has 1 atom stereocenters. The first-order valence-corrected chi connectivity index (χ1v) is 12.1. The number of hydrogen-bond donors (Lipinski definition) is 3. The van der Waals surface area contributed by atoms with Gasteiger partial charge in [0.25, 0.3) is 0 Å². The van der Waals surface area contributed by atoms with Gasteiger partial charge in [0.1, 0.15) is 5.82 Å². The minimum absolute atomic E-state index is 0.0910. The number of aromatic nitrogens is 4. The number of aryl methyl sites for hydroxylation is 1. The fourth-order valence-corrected chi connectivity index (χ4v) is 4.83. The van der Waals surface area contributed by atoms with Crippen LogP contribution in [0, 0.1) is 0 Å². The molecule has 0 radical (unpaired) electrons. The number of aromatic amines is 2. The Hall–Kier alpha value is -2.48. The fraction of sp³-hybridized carbons (Fsp3) is 0.261. The second kappa shape index (κ2) is 10.4. The zero-order valence-corrected chi connectivity index (χ0v) is 19.8. The summed E-state index contributed by atoms with van der Waals surface area (Å²) in [6.45, 7) is 2.48. The van der Waals surface area contributed by atoms with E-state index in [1.165, 1.54) is 11.8 Å². The number of fused-ring (bicyclic) bond motifs is 1.